The van der Waals surface area contributed by atoms with Crippen LogP contribution in [0, 0.1) is 5.41 Å². The highest BCUT2D eigenvalue weighted by molar-refractivity contribution is 5.96. The van der Waals surface area contributed by atoms with Gasteiger partial charge in [0.25, 0.3) is 0 Å². The molecule has 2 nitrogen and oxygen atoms in total. The van der Waals surface area contributed by atoms with Gasteiger partial charge in [-0.1, -0.05) is 55.5 Å². The smallest absolute Gasteiger partial charge is 0.128 e. The van der Waals surface area contributed by atoms with E-state index in [1.54, 1.807) is 0 Å². The van der Waals surface area contributed by atoms with Crippen LogP contribution < -0.4 is 0 Å². The Hall–Kier alpha value is -2.09. The van der Waals surface area contributed by atoms with Crippen LogP contribution in [0.4, 0.5) is 0 Å². The van der Waals surface area contributed by atoms with E-state index in [2.05, 4.69) is 31.2 Å². The van der Waals surface area contributed by atoms with Crippen molar-refractivity contribution >= 4 is 5.84 Å². The van der Waals surface area contributed by atoms with Crippen molar-refractivity contribution in [2.24, 2.45) is 0 Å². The molecule has 0 bridgehead atoms. The molecule has 0 saturated heterocycles. The summed E-state index contributed by atoms with van der Waals surface area (Å²) in [6, 6.07) is 18.5. The van der Waals surface area contributed by atoms with E-state index in [1.165, 1.54) is 11.1 Å². The molecule has 2 aromatic carbocycles. The van der Waals surface area contributed by atoms with E-state index in [0.717, 1.165) is 18.5 Å². The average molecular weight is 252 g/mol. The molecule has 0 unspecified atom stereocenters. The highest BCUT2D eigenvalue weighted by Crippen LogP contribution is 2.10. The van der Waals surface area contributed by atoms with Crippen LogP contribution in [0.1, 0.15) is 23.6 Å². The molecule has 2 heteroatoms. The van der Waals surface area contributed by atoms with Gasteiger partial charge in [-0.2, -0.15) is 0 Å². The van der Waals surface area contributed by atoms with Crippen molar-refractivity contribution in [1.29, 1.82) is 5.41 Å². The van der Waals surface area contributed by atoms with E-state index in [1.807, 2.05) is 42.3 Å². The van der Waals surface area contributed by atoms with Crippen molar-refractivity contribution < 1.29 is 0 Å². The molecule has 1 N–H and O–H groups in total. The molecule has 19 heavy (non-hydrogen) atoms. The van der Waals surface area contributed by atoms with Crippen LogP contribution in [0.25, 0.3) is 0 Å². The fourth-order valence-corrected chi connectivity index (χ4v) is 2.10. The monoisotopic (exact) mass is 252 g/mol. The van der Waals surface area contributed by atoms with Gasteiger partial charge in [0.05, 0.1) is 0 Å². The molecule has 0 atom stereocenters. The first-order valence-electron chi connectivity index (χ1n) is 6.63. The second-order valence-corrected chi connectivity index (χ2v) is 4.74. The molecule has 0 aliphatic rings. The number of hydrogen-bond donors (Lipinski definition) is 1. The number of rotatable bonds is 4. The summed E-state index contributed by atoms with van der Waals surface area (Å²) in [6.45, 7) is 2.90. The molecule has 0 heterocycles. The molecule has 0 saturated carbocycles. The minimum Gasteiger partial charge on any atom is -0.355 e. The Bertz CT molecular complexity index is 546. The van der Waals surface area contributed by atoms with Gasteiger partial charge in [-0.3, -0.25) is 5.41 Å². The lowest BCUT2D eigenvalue weighted by Gasteiger charge is -2.20. The summed E-state index contributed by atoms with van der Waals surface area (Å²) < 4.78 is 0. The summed E-state index contributed by atoms with van der Waals surface area (Å²) in [7, 11) is 1.97. The molecular weight excluding hydrogens is 232 g/mol. The van der Waals surface area contributed by atoms with E-state index in [-0.39, 0.29) is 0 Å². The first-order chi connectivity index (χ1) is 9.20. The van der Waals surface area contributed by atoms with Gasteiger partial charge in [-0.15, -0.1) is 0 Å². The summed E-state index contributed by atoms with van der Waals surface area (Å²) in [5.41, 5.74) is 3.48. The number of amidine groups is 1. The Morgan fingerprint density at radius 1 is 1.00 bits per heavy atom. The van der Waals surface area contributed by atoms with Crippen molar-refractivity contribution in [3.05, 3.63) is 71.3 Å². The first kappa shape index (κ1) is 13.3. The molecule has 0 amide bonds. The van der Waals surface area contributed by atoms with Crippen LogP contribution in [0.5, 0.6) is 0 Å². The number of nitrogens with zero attached hydrogens (tertiary/aromatic N) is 1. The minimum absolute atomic E-state index is 0.569. The second-order valence-electron chi connectivity index (χ2n) is 4.74. The van der Waals surface area contributed by atoms with Crippen molar-refractivity contribution in [1.82, 2.24) is 4.90 Å². The molecule has 0 aliphatic heterocycles. The zero-order valence-electron chi connectivity index (χ0n) is 11.6. The van der Waals surface area contributed by atoms with Crippen LogP contribution in [0.2, 0.25) is 0 Å². The lowest BCUT2D eigenvalue weighted by molar-refractivity contribution is 0.498. The van der Waals surface area contributed by atoms with Crippen LogP contribution in [0.3, 0.4) is 0 Å². The SMILES string of the molecule is CCc1cccc(C(=N)N(C)Cc2ccccc2)c1. The zero-order valence-corrected chi connectivity index (χ0v) is 11.6. The fourth-order valence-electron chi connectivity index (χ4n) is 2.10. The zero-order chi connectivity index (χ0) is 13.7. The van der Waals surface area contributed by atoms with Gasteiger partial charge in [-0.05, 0) is 23.6 Å². The van der Waals surface area contributed by atoms with Crippen LogP contribution in [-0.2, 0) is 13.0 Å². The standard InChI is InChI=1S/C17H20N2/c1-3-14-10-7-11-16(12-14)17(18)19(2)13-15-8-5-4-6-9-15/h4-12,18H,3,13H2,1-2H3. The molecule has 0 spiro atoms. The van der Waals surface area contributed by atoms with E-state index >= 15 is 0 Å². The van der Waals surface area contributed by atoms with E-state index < -0.39 is 0 Å². The molecule has 0 aliphatic carbocycles. The fraction of sp³-hybridized carbons (Fsp3) is 0.235. The third-order valence-corrected chi connectivity index (χ3v) is 3.25. The van der Waals surface area contributed by atoms with Gasteiger partial charge in [0.1, 0.15) is 5.84 Å². The van der Waals surface area contributed by atoms with E-state index in [0.29, 0.717) is 5.84 Å². The summed E-state index contributed by atoms with van der Waals surface area (Å²) in [4.78, 5) is 1.98. The molecule has 0 fully saturated rings. The first-order valence-corrected chi connectivity index (χ1v) is 6.63. The normalized spacial score (nSPS) is 10.2. The quantitative estimate of drug-likeness (QED) is 0.652. The topological polar surface area (TPSA) is 27.1 Å². The largest absolute Gasteiger partial charge is 0.355 e. The van der Waals surface area contributed by atoms with Crippen molar-refractivity contribution in [2.45, 2.75) is 19.9 Å². The average Bonchev–Trinajstić information content (AvgIpc) is 2.47. The highest BCUT2D eigenvalue weighted by Gasteiger charge is 2.08. The van der Waals surface area contributed by atoms with Gasteiger partial charge in [0.2, 0.25) is 0 Å². The van der Waals surface area contributed by atoms with Crippen molar-refractivity contribution in [2.75, 3.05) is 7.05 Å². The van der Waals surface area contributed by atoms with Gasteiger partial charge in [-0.25, -0.2) is 0 Å². The molecule has 0 radical (unpaired) electrons. The predicted molar refractivity (Wildman–Crippen MR) is 80.6 cm³/mol. The number of aryl methyl sites for hydroxylation is 1. The van der Waals surface area contributed by atoms with Crippen LogP contribution in [0.15, 0.2) is 54.6 Å². The minimum atomic E-state index is 0.569. The van der Waals surface area contributed by atoms with Gasteiger partial charge < -0.3 is 4.90 Å². The maximum Gasteiger partial charge on any atom is 0.128 e. The number of nitrogens with one attached hydrogen (secondary N) is 1. The van der Waals surface area contributed by atoms with E-state index in [9.17, 15) is 0 Å². The molecule has 2 aromatic rings. The summed E-state index contributed by atoms with van der Waals surface area (Å²) >= 11 is 0. The Labute approximate surface area is 115 Å². The lowest BCUT2D eigenvalue weighted by atomic mass is 10.1. The van der Waals surface area contributed by atoms with Crippen molar-refractivity contribution in [3.63, 3.8) is 0 Å². The Balaban J connectivity index is 2.10. The summed E-state index contributed by atoms with van der Waals surface area (Å²) in [5, 5.41) is 8.28. The van der Waals surface area contributed by atoms with Crippen LogP contribution in [-0.4, -0.2) is 17.8 Å². The van der Waals surface area contributed by atoms with Crippen molar-refractivity contribution in [3.8, 4) is 0 Å². The van der Waals surface area contributed by atoms with Gasteiger partial charge in [0.15, 0.2) is 0 Å². The number of benzene rings is 2. The lowest BCUT2D eigenvalue weighted by Crippen LogP contribution is -2.26. The van der Waals surface area contributed by atoms with Gasteiger partial charge >= 0.3 is 0 Å². The molecule has 2 rings (SSSR count). The molecular formula is C17H20N2. The Morgan fingerprint density at radius 2 is 1.68 bits per heavy atom. The summed E-state index contributed by atoms with van der Waals surface area (Å²) in [6.07, 6.45) is 1.00. The summed E-state index contributed by atoms with van der Waals surface area (Å²) in [5.74, 6) is 0.569. The third kappa shape index (κ3) is 3.44. The maximum atomic E-state index is 8.28. The van der Waals surface area contributed by atoms with E-state index in [4.69, 9.17) is 5.41 Å². The predicted octanol–water partition coefficient (Wildman–Crippen LogP) is 3.71. The Morgan fingerprint density at radius 3 is 2.37 bits per heavy atom. The third-order valence-electron chi connectivity index (χ3n) is 3.25. The van der Waals surface area contributed by atoms with Crippen LogP contribution >= 0.6 is 0 Å². The van der Waals surface area contributed by atoms with Gasteiger partial charge in [0, 0.05) is 19.2 Å². The molecule has 98 valence electrons. The Kier molecular flexibility index (Phi) is 4.35. The second kappa shape index (κ2) is 6.19. The maximum absolute atomic E-state index is 8.28. The molecule has 0 aromatic heterocycles. The highest BCUT2D eigenvalue weighted by atomic mass is 15.1. The number of hydrogen-bond acceptors (Lipinski definition) is 1.